The molecule has 5 heteroatoms. The Balaban J connectivity index is 2.12. The van der Waals surface area contributed by atoms with Crippen LogP contribution in [-0.2, 0) is 6.42 Å². The number of halogens is 1. The number of hydrogen-bond donors (Lipinski definition) is 1. The molecule has 0 saturated carbocycles. The molecule has 0 saturated heterocycles. The van der Waals surface area contributed by atoms with Crippen LogP contribution in [0.3, 0.4) is 0 Å². The highest BCUT2D eigenvalue weighted by Crippen LogP contribution is 2.31. The Bertz CT molecular complexity index is 581. The number of carbonyl (C=O) groups is 1. The van der Waals surface area contributed by atoms with Crippen molar-refractivity contribution >= 4 is 38.7 Å². The van der Waals surface area contributed by atoms with Crippen LogP contribution in [0, 0.1) is 0 Å². The smallest absolute Gasteiger partial charge is 0.163 e. The predicted octanol–water partition coefficient (Wildman–Crippen LogP) is 3.92. The molecule has 0 bridgehead atoms. The van der Waals surface area contributed by atoms with Gasteiger partial charge in [-0.2, -0.15) is 0 Å². The summed E-state index contributed by atoms with van der Waals surface area (Å²) in [4.78, 5) is 12.9. The van der Waals surface area contributed by atoms with E-state index in [1.54, 1.807) is 23.5 Å². The molecule has 2 rings (SSSR count). The van der Waals surface area contributed by atoms with Crippen LogP contribution in [0.5, 0.6) is 5.75 Å². The van der Waals surface area contributed by atoms with Crippen LogP contribution in [0.25, 0.3) is 0 Å². The van der Waals surface area contributed by atoms with E-state index >= 15 is 0 Å². The summed E-state index contributed by atoms with van der Waals surface area (Å²) < 4.78 is 6.48. The molecule has 0 fully saturated rings. The second-order valence-electron chi connectivity index (χ2n) is 4.11. The van der Waals surface area contributed by atoms with Gasteiger partial charge in [-0.1, -0.05) is 22.0 Å². The molecule has 0 atom stereocenters. The van der Waals surface area contributed by atoms with E-state index in [9.17, 15) is 4.79 Å². The Labute approximate surface area is 124 Å². The summed E-state index contributed by atoms with van der Waals surface area (Å²) in [5.74, 6) is 0.423. The van der Waals surface area contributed by atoms with Gasteiger partial charge in [0.1, 0.15) is 0 Å². The molecule has 2 N–H and O–H groups in total. The maximum absolute atomic E-state index is 11.6. The van der Waals surface area contributed by atoms with E-state index in [4.69, 9.17) is 10.5 Å². The van der Waals surface area contributed by atoms with Gasteiger partial charge in [0.2, 0.25) is 0 Å². The third kappa shape index (κ3) is 3.58. The topological polar surface area (TPSA) is 52.3 Å². The number of ketones is 1. The van der Waals surface area contributed by atoms with Gasteiger partial charge in [0.15, 0.2) is 11.5 Å². The first-order valence-electron chi connectivity index (χ1n) is 5.83. The molecule has 1 aromatic carbocycles. The number of Topliss-reactive ketones (excluding diaryl/α,β-unsaturated/α-hetero) is 1. The Morgan fingerprint density at radius 2 is 2.26 bits per heavy atom. The quantitative estimate of drug-likeness (QED) is 0.663. The van der Waals surface area contributed by atoms with Crippen molar-refractivity contribution in [1.82, 2.24) is 0 Å². The maximum Gasteiger partial charge on any atom is 0.163 e. The molecule has 1 aromatic heterocycles. The van der Waals surface area contributed by atoms with Crippen molar-refractivity contribution in [3.05, 3.63) is 44.6 Å². The summed E-state index contributed by atoms with van der Waals surface area (Å²) in [7, 11) is 0. The average Bonchev–Trinajstić information content (AvgIpc) is 2.84. The number of hydrogen-bond acceptors (Lipinski definition) is 4. The highest BCUT2D eigenvalue weighted by molar-refractivity contribution is 9.10. The summed E-state index contributed by atoms with van der Waals surface area (Å²) >= 11 is 5.02. The van der Waals surface area contributed by atoms with E-state index in [1.165, 1.54) is 11.8 Å². The summed E-state index contributed by atoms with van der Waals surface area (Å²) in [6.07, 6.45) is 0.810. The molecule has 100 valence electrons. The van der Waals surface area contributed by atoms with Crippen LogP contribution in [0.15, 0.2) is 34.1 Å². The molecule has 0 spiro atoms. The van der Waals surface area contributed by atoms with Crippen molar-refractivity contribution in [2.45, 2.75) is 13.3 Å². The van der Waals surface area contributed by atoms with Gasteiger partial charge in [0.25, 0.3) is 0 Å². The fourth-order valence-corrected chi connectivity index (χ4v) is 2.91. The Kier molecular flexibility index (Phi) is 4.61. The van der Waals surface area contributed by atoms with E-state index in [2.05, 4.69) is 22.0 Å². The summed E-state index contributed by atoms with van der Waals surface area (Å²) in [6.45, 7) is 2.01. The molecular formula is C14H14BrNO2S. The number of nitrogens with two attached hydrogens (primary N) is 1. The van der Waals surface area contributed by atoms with E-state index < -0.39 is 0 Å². The van der Waals surface area contributed by atoms with Gasteiger partial charge in [-0.25, -0.2) is 0 Å². The van der Waals surface area contributed by atoms with Crippen molar-refractivity contribution < 1.29 is 9.53 Å². The first-order valence-corrected chi connectivity index (χ1v) is 7.50. The van der Waals surface area contributed by atoms with Gasteiger partial charge >= 0.3 is 0 Å². The molecule has 0 amide bonds. The van der Waals surface area contributed by atoms with E-state index in [-0.39, 0.29) is 5.78 Å². The Morgan fingerprint density at radius 3 is 2.89 bits per heavy atom. The molecule has 19 heavy (non-hydrogen) atoms. The largest absolute Gasteiger partial charge is 0.490 e. The predicted molar refractivity (Wildman–Crippen MR) is 82.1 cm³/mol. The normalized spacial score (nSPS) is 10.4. The van der Waals surface area contributed by atoms with Crippen LogP contribution in [0.2, 0.25) is 0 Å². The average molecular weight is 340 g/mol. The third-order valence-corrected chi connectivity index (χ3v) is 4.03. The lowest BCUT2D eigenvalue weighted by molar-refractivity contribution is 0.101. The lowest BCUT2D eigenvalue weighted by Gasteiger charge is -2.12. The first kappa shape index (κ1) is 14.1. The minimum absolute atomic E-state index is 0.0564. The molecule has 3 nitrogen and oxygen atoms in total. The molecule has 2 aromatic rings. The molecule has 0 unspecified atom stereocenters. The Morgan fingerprint density at radius 1 is 1.47 bits per heavy atom. The van der Waals surface area contributed by atoms with Gasteiger partial charge in [0, 0.05) is 15.8 Å². The fourth-order valence-electron chi connectivity index (χ4n) is 1.75. The molecule has 0 radical (unpaired) electrons. The number of anilines is 1. The third-order valence-electron chi connectivity index (χ3n) is 2.64. The van der Waals surface area contributed by atoms with Gasteiger partial charge < -0.3 is 10.5 Å². The van der Waals surface area contributed by atoms with Crippen LogP contribution in [-0.4, -0.2) is 12.4 Å². The molecule has 0 aliphatic carbocycles. The molecule has 1 heterocycles. The number of ether oxygens (including phenoxy) is 1. The monoisotopic (exact) mass is 339 g/mol. The van der Waals surface area contributed by atoms with Crippen LogP contribution >= 0.6 is 27.3 Å². The zero-order chi connectivity index (χ0) is 13.8. The number of benzene rings is 1. The maximum atomic E-state index is 11.6. The summed E-state index contributed by atoms with van der Waals surface area (Å²) in [5, 5.41) is 2.03. The minimum Gasteiger partial charge on any atom is -0.490 e. The number of thiophene rings is 1. The molecular weight excluding hydrogens is 326 g/mol. The van der Waals surface area contributed by atoms with Gasteiger partial charge in [-0.05, 0) is 30.5 Å². The summed E-state index contributed by atoms with van der Waals surface area (Å²) in [6, 6.07) is 7.55. The standard InChI is InChI=1S/C14H14BrNO2S/c1-9(17)12-7-10(15)8-13(16)14(12)18-5-4-11-3-2-6-19-11/h2-3,6-8H,4-5,16H2,1H3. The molecule has 0 aliphatic rings. The van der Waals surface area contributed by atoms with Crippen LogP contribution < -0.4 is 10.5 Å². The van der Waals surface area contributed by atoms with E-state index in [0.717, 1.165) is 10.9 Å². The number of carbonyl (C=O) groups excluding carboxylic acids is 1. The lowest BCUT2D eigenvalue weighted by atomic mass is 10.1. The number of nitrogen functional groups attached to an aromatic ring is 1. The van der Waals surface area contributed by atoms with Crippen LogP contribution in [0.4, 0.5) is 5.69 Å². The highest BCUT2D eigenvalue weighted by atomic mass is 79.9. The zero-order valence-corrected chi connectivity index (χ0v) is 12.9. The fraction of sp³-hybridized carbons (Fsp3) is 0.214. The van der Waals surface area contributed by atoms with Crippen molar-refractivity contribution in [3.63, 3.8) is 0 Å². The first-order chi connectivity index (χ1) is 9.08. The summed E-state index contributed by atoms with van der Waals surface area (Å²) in [5.41, 5.74) is 6.90. The van der Waals surface area contributed by atoms with Crippen molar-refractivity contribution in [1.29, 1.82) is 0 Å². The van der Waals surface area contributed by atoms with Gasteiger partial charge in [-0.3, -0.25) is 4.79 Å². The Hall–Kier alpha value is -1.33. The zero-order valence-electron chi connectivity index (χ0n) is 10.5. The van der Waals surface area contributed by atoms with Crippen molar-refractivity contribution in [3.8, 4) is 5.75 Å². The van der Waals surface area contributed by atoms with Crippen LogP contribution in [0.1, 0.15) is 22.2 Å². The minimum atomic E-state index is -0.0564. The van der Waals surface area contributed by atoms with E-state index in [0.29, 0.717) is 23.6 Å². The van der Waals surface area contributed by atoms with Crippen molar-refractivity contribution in [2.24, 2.45) is 0 Å². The van der Waals surface area contributed by atoms with Gasteiger partial charge in [-0.15, -0.1) is 11.3 Å². The SMILES string of the molecule is CC(=O)c1cc(Br)cc(N)c1OCCc1cccs1. The molecule has 0 aliphatic heterocycles. The van der Waals surface area contributed by atoms with Crippen molar-refractivity contribution in [2.75, 3.05) is 12.3 Å². The van der Waals surface area contributed by atoms with E-state index in [1.807, 2.05) is 11.4 Å². The number of rotatable bonds is 5. The second kappa shape index (κ2) is 6.21. The second-order valence-corrected chi connectivity index (χ2v) is 6.05. The lowest BCUT2D eigenvalue weighted by Crippen LogP contribution is -2.07. The highest BCUT2D eigenvalue weighted by Gasteiger charge is 2.13. The van der Waals surface area contributed by atoms with Gasteiger partial charge in [0.05, 0.1) is 17.9 Å².